The number of rotatable bonds is 15. The number of hydrogen-bond donors (Lipinski definition) is 0. The number of unbranched alkanes of at least 4 members (excludes halogenated alkanes) is 12. The van der Waals surface area contributed by atoms with E-state index in [1.54, 1.807) is 7.05 Å². The van der Waals surface area contributed by atoms with E-state index in [1.807, 2.05) is 6.92 Å². The molecule has 0 spiro atoms. The SMILES string of the molecule is CCCCCCCCCCCCCCCC(=O)C(C)=NC. The zero-order valence-electron chi connectivity index (χ0n) is 14.8. The first kappa shape index (κ1) is 20.3. The maximum atomic E-state index is 11.5. The van der Waals surface area contributed by atoms with Gasteiger partial charge in [-0.1, -0.05) is 84.0 Å². The van der Waals surface area contributed by atoms with Gasteiger partial charge < -0.3 is 0 Å². The van der Waals surface area contributed by atoms with Gasteiger partial charge in [0.1, 0.15) is 0 Å². The predicted molar refractivity (Wildman–Crippen MR) is 94.4 cm³/mol. The molecule has 0 atom stereocenters. The monoisotopic (exact) mass is 295 g/mol. The van der Waals surface area contributed by atoms with Gasteiger partial charge in [0.05, 0.1) is 5.71 Å². The Morgan fingerprint density at radius 1 is 0.714 bits per heavy atom. The Balaban J connectivity index is 3.14. The topological polar surface area (TPSA) is 29.4 Å². The zero-order valence-corrected chi connectivity index (χ0v) is 14.8. The van der Waals surface area contributed by atoms with E-state index in [0.29, 0.717) is 12.1 Å². The number of hydrogen-bond acceptors (Lipinski definition) is 2. The van der Waals surface area contributed by atoms with Crippen molar-refractivity contribution >= 4 is 11.5 Å². The van der Waals surface area contributed by atoms with E-state index in [4.69, 9.17) is 0 Å². The molecule has 0 saturated carbocycles. The molecule has 0 aromatic carbocycles. The van der Waals surface area contributed by atoms with Crippen molar-refractivity contribution in [1.29, 1.82) is 0 Å². The molecular formula is C19H37NO. The van der Waals surface area contributed by atoms with Crippen LogP contribution in [0.25, 0.3) is 0 Å². The average molecular weight is 296 g/mol. The highest BCUT2D eigenvalue weighted by atomic mass is 16.1. The van der Waals surface area contributed by atoms with Crippen LogP contribution in [0.4, 0.5) is 0 Å². The molecule has 0 N–H and O–H groups in total. The van der Waals surface area contributed by atoms with Crippen LogP contribution in [-0.4, -0.2) is 18.5 Å². The number of ketones is 1. The lowest BCUT2D eigenvalue weighted by Crippen LogP contribution is -2.09. The lowest BCUT2D eigenvalue weighted by Gasteiger charge is -2.03. The highest BCUT2D eigenvalue weighted by Gasteiger charge is 2.04. The van der Waals surface area contributed by atoms with E-state index >= 15 is 0 Å². The molecule has 0 rings (SSSR count). The van der Waals surface area contributed by atoms with Crippen molar-refractivity contribution in [2.24, 2.45) is 4.99 Å². The molecule has 0 aliphatic rings. The second-order valence-corrected chi connectivity index (χ2v) is 6.22. The standard InChI is InChI=1S/C19H37NO/c1-4-5-6-7-8-9-10-11-12-13-14-15-16-17-19(21)18(2)20-3/h4-17H2,1-3H3. The van der Waals surface area contributed by atoms with Gasteiger partial charge in [-0.05, 0) is 13.3 Å². The Morgan fingerprint density at radius 2 is 1.10 bits per heavy atom. The summed E-state index contributed by atoms with van der Waals surface area (Å²) < 4.78 is 0. The molecule has 21 heavy (non-hydrogen) atoms. The number of carbonyl (C=O) groups is 1. The van der Waals surface area contributed by atoms with Crippen molar-refractivity contribution in [3.8, 4) is 0 Å². The third kappa shape index (κ3) is 14.1. The Morgan fingerprint density at radius 3 is 1.48 bits per heavy atom. The van der Waals surface area contributed by atoms with Crippen LogP contribution in [-0.2, 0) is 4.79 Å². The van der Waals surface area contributed by atoms with Crippen molar-refractivity contribution in [1.82, 2.24) is 0 Å². The fraction of sp³-hybridized carbons (Fsp3) is 0.895. The molecule has 0 unspecified atom stereocenters. The number of aliphatic imine (C=N–C) groups is 1. The van der Waals surface area contributed by atoms with Crippen LogP contribution in [0.5, 0.6) is 0 Å². The normalized spacial score (nSPS) is 11.9. The van der Waals surface area contributed by atoms with E-state index in [0.717, 1.165) is 6.42 Å². The van der Waals surface area contributed by atoms with Gasteiger partial charge in [0, 0.05) is 13.5 Å². The minimum atomic E-state index is 0.223. The summed E-state index contributed by atoms with van der Waals surface area (Å²) in [4.78, 5) is 15.5. The Bertz CT molecular complexity index is 271. The molecule has 0 fully saturated rings. The van der Waals surface area contributed by atoms with Gasteiger partial charge >= 0.3 is 0 Å². The van der Waals surface area contributed by atoms with Crippen LogP contribution in [0, 0.1) is 0 Å². The lowest BCUT2D eigenvalue weighted by atomic mass is 10.0. The van der Waals surface area contributed by atoms with Crippen molar-refractivity contribution in [3.05, 3.63) is 0 Å². The predicted octanol–water partition coefficient (Wildman–Crippen LogP) is 6.13. The highest BCUT2D eigenvalue weighted by Crippen LogP contribution is 2.13. The third-order valence-corrected chi connectivity index (χ3v) is 4.25. The molecule has 124 valence electrons. The molecule has 0 aromatic rings. The Hall–Kier alpha value is -0.660. The minimum absolute atomic E-state index is 0.223. The largest absolute Gasteiger partial charge is 0.293 e. The van der Waals surface area contributed by atoms with Crippen LogP contribution >= 0.6 is 0 Å². The van der Waals surface area contributed by atoms with Crippen molar-refractivity contribution in [2.45, 2.75) is 104 Å². The van der Waals surface area contributed by atoms with Gasteiger partial charge in [-0.25, -0.2) is 0 Å². The maximum absolute atomic E-state index is 11.5. The molecule has 2 nitrogen and oxygen atoms in total. The van der Waals surface area contributed by atoms with Crippen LogP contribution in [0.1, 0.15) is 104 Å². The molecule has 0 aliphatic carbocycles. The fourth-order valence-corrected chi connectivity index (χ4v) is 2.61. The van der Waals surface area contributed by atoms with Gasteiger partial charge in [-0.2, -0.15) is 0 Å². The fourth-order valence-electron chi connectivity index (χ4n) is 2.61. The Labute approximate surface area is 132 Å². The molecule has 0 heterocycles. The van der Waals surface area contributed by atoms with Crippen LogP contribution in [0.3, 0.4) is 0 Å². The van der Waals surface area contributed by atoms with E-state index < -0.39 is 0 Å². The molecule has 0 bridgehead atoms. The third-order valence-electron chi connectivity index (χ3n) is 4.25. The first-order valence-electron chi connectivity index (χ1n) is 9.19. The molecule has 2 heteroatoms. The minimum Gasteiger partial charge on any atom is -0.293 e. The molecule has 0 saturated heterocycles. The van der Waals surface area contributed by atoms with Gasteiger partial charge in [0.25, 0.3) is 0 Å². The highest BCUT2D eigenvalue weighted by molar-refractivity contribution is 6.38. The molecule has 0 aromatic heterocycles. The summed E-state index contributed by atoms with van der Waals surface area (Å²) in [5.74, 6) is 0.223. The summed E-state index contributed by atoms with van der Waals surface area (Å²) in [6, 6.07) is 0. The Kier molecular flexibility index (Phi) is 15.2. The van der Waals surface area contributed by atoms with E-state index in [9.17, 15) is 4.79 Å². The number of Topliss-reactive ketones (excluding diaryl/α,β-unsaturated/α-hetero) is 1. The summed E-state index contributed by atoms with van der Waals surface area (Å²) in [6.07, 6.45) is 18.2. The van der Waals surface area contributed by atoms with Gasteiger partial charge in [0.15, 0.2) is 5.78 Å². The van der Waals surface area contributed by atoms with E-state index in [-0.39, 0.29) is 5.78 Å². The second-order valence-electron chi connectivity index (χ2n) is 6.22. The summed E-state index contributed by atoms with van der Waals surface area (Å²) in [7, 11) is 1.69. The molecular weight excluding hydrogens is 258 g/mol. The number of nitrogens with zero attached hydrogens (tertiary/aromatic N) is 1. The van der Waals surface area contributed by atoms with Crippen LogP contribution < -0.4 is 0 Å². The van der Waals surface area contributed by atoms with E-state index in [2.05, 4.69) is 11.9 Å². The van der Waals surface area contributed by atoms with Crippen molar-refractivity contribution in [3.63, 3.8) is 0 Å². The van der Waals surface area contributed by atoms with Crippen molar-refractivity contribution < 1.29 is 4.79 Å². The van der Waals surface area contributed by atoms with Crippen molar-refractivity contribution in [2.75, 3.05) is 7.05 Å². The van der Waals surface area contributed by atoms with Gasteiger partial charge in [-0.15, -0.1) is 0 Å². The van der Waals surface area contributed by atoms with E-state index in [1.165, 1.54) is 77.0 Å². The average Bonchev–Trinajstić information content (AvgIpc) is 2.50. The van der Waals surface area contributed by atoms with Crippen LogP contribution in [0.15, 0.2) is 4.99 Å². The quantitative estimate of drug-likeness (QED) is 0.264. The summed E-state index contributed by atoms with van der Waals surface area (Å²) in [6.45, 7) is 4.08. The summed E-state index contributed by atoms with van der Waals surface area (Å²) in [5.41, 5.74) is 0.675. The van der Waals surface area contributed by atoms with Gasteiger partial charge in [0.2, 0.25) is 0 Å². The summed E-state index contributed by atoms with van der Waals surface area (Å²) >= 11 is 0. The van der Waals surface area contributed by atoms with Gasteiger partial charge in [-0.3, -0.25) is 9.79 Å². The zero-order chi connectivity index (χ0) is 15.8. The first-order chi connectivity index (χ1) is 10.2. The molecule has 0 amide bonds. The maximum Gasteiger partial charge on any atom is 0.176 e. The number of carbonyl (C=O) groups excluding carboxylic acids is 1. The first-order valence-corrected chi connectivity index (χ1v) is 9.19. The lowest BCUT2D eigenvalue weighted by molar-refractivity contribution is -0.113. The molecule has 0 aliphatic heterocycles. The molecule has 0 radical (unpaired) electrons. The summed E-state index contributed by atoms with van der Waals surface area (Å²) in [5, 5.41) is 0. The smallest absolute Gasteiger partial charge is 0.176 e. The second kappa shape index (κ2) is 15.7. The van der Waals surface area contributed by atoms with Crippen LogP contribution in [0.2, 0.25) is 0 Å².